The minimum atomic E-state index is -3.64. The van der Waals surface area contributed by atoms with Crippen molar-refractivity contribution in [3.8, 4) is 0 Å². The summed E-state index contributed by atoms with van der Waals surface area (Å²) >= 11 is 12.3. The number of ether oxygens (including phenoxy) is 1. The van der Waals surface area contributed by atoms with Crippen LogP contribution in [-0.2, 0) is 34.4 Å². The minimum absolute atomic E-state index is 0.00505. The van der Waals surface area contributed by atoms with E-state index >= 15 is 0 Å². The van der Waals surface area contributed by atoms with E-state index in [4.69, 9.17) is 23.2 Å². The van der Waals surface area contributed by atoms with E-state index in [-0.39, 0.29) is 17.5 Å². The molecule has 0 saturated carbocycles. The number of nitrogens with one attached hydrogen (secondary N) is 2. The van der Waals surface area contributed by atoms with Gasteiger partial charge >= 0.3 is 6.09 Å². The average Bonchev–Trinajstić information content (AvgIpc) is 2.86. The zero-order valence-corrected chi connectivity index (χ0v) is 22.0. The summed E-state index contributed by atoms with van der Waals surface area (Å²) in [6, 6.07) is 18.7. The molecule has 3 aromatic rings. The van der Waals surface area contributed by atoms with Crippen LogP contribution in [0.2, 0.25) is 10.0 Å². The molecule has 3 rings (SSSR count). The number of amides is 2. The van der Waals surface area contributed by atoms with Gasteiger partial charge in [-0.2, -0.15) is 0 Å². The summed E-state index contributed by atoms with van der Waals surface area (Å²) in [5.41, 5.74) is 3.10. The predicted molar refractivity (Wildman–Crippen MR) is 141 cm³/mol. The van der Waals surface area contributed by atoms with Crippen molar-refractivity contribution in [1.29, 1.82) is 0 Å². The van der Waals surface area contributed by atoms with Crippen LogP contribution in [0.1, 0.15) is 27.0 Å². The molecule has 0 bridgehead atoms. The van der Waals surface area contributed by atoms with Gasteiger partial charge in [0, 0.05) is 18.7 Å². The van der Waals surface area contributed by atoms with Crippen molar-refractivity contribution in [2.24, 2.45) is 0 Å². The number of sulfonamides is 1. The van der Waals surface area contributed by atoms with Gasteiger partial charge in [-0.1, -0.05) is 59.6 Å². The van der Waals surface area contributed by atoms with E-state index in [1.165, 1.54) is 11.4 Å². The van der Waals surface area contributed by atoms with Crippen molar-refractivity contribution in [2.45, 2.75) is 19.6 Å². The molecule has 0 aliphatic heterocycles. The van der Waals surface area contributed by atoms with Gasteiger partial charge in [-0.15, -0.1) is 0 Å². The molecule has 190 valence electrons. The third-order valence-corrected chi connectivity index (χ3v) is 7.26. The Hall–Kier alpha value is -3.27. The summed E-state index contributed by atoms with van der Waals surface area (Å²) in [6.45, 7) is 0.628. The molecule has 2 N–H and O–H groups in total. The first-order valence-corrected chi connectivity index (χ1v) is 13.4. The minimum Gasteiger partial charge on any atom is -0.453 e. The van der Waals surface area contributed by atoms with E-state index in [0.29, 0.717) is 34.9 Å². The van der Waals surface area contributed by atoms with Gasteiger partial charge in [0.15, 0.2) is 0 Å². The van der Waals surface area contributed by atoms with Crippen molar-refractivity contribution in [2.75, 3.05) is 17.7 Å². The number of halogens is 2. The standard InChI is InChI=1S/C25H25Cl2N3O5S/c1-35-25(32)29-15-18-8-6-17(7-9-18)14-28-24(31)19-10-12-21(13-11-19)30(36(2,33)34)16-20-4-3-5-22(26)23(20)27/h3-13H,14-16H2,1-2H3,(H,28,31)(H,29,32). The lowest BCUT2D eigenvalue weighted by Crippen LogP contribution is -2.29. The number of carbonyl (C=O) groups excluding carboxylic acids is 2. The highest BCUT2D eigenvalue weighted by Crippen LogP contribution is 2.29. The van der Waals surface area contributed by atoms with Gasteiger partial charge in [0.25, 0.3) is 5.91 Å². The Balaban J connectivity index is 1.64. The Kier molecular flexibility index (Phi) is 9.19. The Morgan fingerprint density at radius 3 is 2.03 bits per heavy atom. The number of hydrogen-bond acceptors (Lipinski definition) is 5. The Bertz CT molecular complexity index is 1330. The molecule has 0 spiro atoms. The third kappa shape index (κ3) is 7.36. The summed E-state index contributed by atoms with van der Waals surface area (Å²) in [7, 11) is -2.34. The van der Waals surface area contributed by atoms with Gasteiger partial charge < -0.3 is 15.4 Å². The number of carbonyl (C=O) groups is 2. The van der Waals surface area contributed by atoms with E-state index in [1.807, 2.05) is 24.3 Å². The first-order chi connectivity index (χ1) is 17.1. The molecule has 11 heteroatoms. The van der Waals surface area contributed by atoms with Crippen LogP contribution in [0.25, 0.3) is 0 Å². The molecule has 2 amide bonds. The van der Waals surface area contributed by atoms with Crippen LogP contribution in [-0.4, -0.2) is 33.8 Å². The molecule has 0 heterocycles. The molecule has 8 nitrogen and oxygen atoms in total. The molecule has 0 aliphatic carbocycles. The number of hydrogen-bond donors (Lipinski definition) is 2. The zero-order valence-electron chi connectivity index (χ0n) is 19.6. The van der Waals surface area contributed by atoms with Crippen molar-refractivity contribution >= 4 is 50.9 Å². The molecule has 0 saturated heterocycles. The van der Waals surface area contributed by atoms with Crippen molar-refractivity contribution in [3.63, 3.8) is 0 Å². The maximum atomic E-state index is 12.6. The fourth-order valence-electron chi connectivity index (χ4n) is 3.31. The van der Waals surface area contributed by atoms with E-state index in [0.717, 1.165) is 17.4 Å². The molecule has 36 heavy (non-hydrogen) atoms. The predicted octanol–water partition coefficient (Wildman–Crippen LogP) is 4.75. The maximum absolute atomic E-state index is 12.6. The molecular weight excluding hydrogens is 525 g/mol. The van der Waals surface area contributed by atoms with Gasteiger partial charge in [-0.05, 0) is 47.0 Å². The van der Waals surface area contributed by atoms with Gasteiger partial charge in [-0.25, -0.2) is 13.2 Å². The van der Waals surface area contributed by atoms with Crippen LogP contribution in [0, 0.1) is 0 Å². The van der Waals surface area contributed by atoms with Crippen molar-refractivity contribution < 1.29 is 22.7 Å². The molecule has 0 aliphatic rings. The summed E-state index contributed by atoms with van der Waals surface area (Å²) in [5, 5.41) is 6.05. The summed E-state index contributed by atoms with van der Waals surface area (Å²) < 4.78 is 30.7. The summed E-state index contributed by atoms with van der Waals surface area (Å²) in [4.78, 5) is 23.8. The van der Waals surface area contributed by atoms with Gasteiger partial charge in [0.1, 0.15) is 0 Å². The molecule has 0 radical (unpaired) electrons. The average molecular weight is 550 g/mol. The second-order valence-corrected chi connectivity index (χ2v) is 10.6. The van der Waals surface area contributed by atoms with Crippen LogP contribution < -0.4 is 14.9 Å². The highest BCUT2D eigenvalue weighted by molar-refractivity contribution is 7.92. The quantitative estimate of drug-likeness (QED) is 0.400. The Labute approximate surface area is 220 Å². The monoisotopic (exact) mass is 549 g/mol. The lowest BCUT2D eigenvalue weighted by atomic mass is 10.1. The normalized spacial score (nSPS) is 11.0. The maximum Gasteiger partial charge on any atom is 0.407 e. The number of benzene rings is 3. The number of rotatable bonds is 9. The van der Waals surface area contributed by atoms with Crippen LogP contribution in [0.4, 0.5) is 10.5 Å². The number of alkyl carbamates (subject to hydrolysis) is 1. The van der Waals surface area contributed by atoms with Gasteiger partial charge in [-0.3, -0.25) is 9.10 Å². The topological polar surface area (TPSA) is 105 Å². The van der Waals surface area contributed by atoms with Crippen molar-refractivity contribution in [3.05, 3.63) is 99.0 Å². The van der Waals surface area contributed by atoms with Crippen LogP contribution in [0.3, 0.4) is 0 Å². The first kappa shape index (κ1) is 27.3. The molecule has 0 unspecified atom stereocenters. The molecule has 0 aromatic heterocycles. The lowest BCUT2D eigenvalue weighted by Gasteiger charge is -2.23. The van der Waals surface area contributed by atoms with E-state index in [9.17, 15) is 18.0 Å². The molecular formula is C25H25Cl2N3O5S. The molecule has 3 aromatic carbocycles. The lowest BCUT2D eigenvalue weighted by molar-refractivity contribution is 0.0951. The van der Waals surface area contributed by atoms with E-state index in [1.54, 1.807) is 42.5 Å². The second kappa shape index (κ2) is 12.1. The molecule has 0 atom stereocenters. The van der Waals surface area contributed by atoms with Crippen LogP contribution >= 0.6 is 23.2 Å². The number of anilines is 1. The fourth-order valence-corrected chi connectivity index (χ4v) is 4.57. The van der Waals surface area contributed by atoms with Crippen molar-refractivity contribution in [1.82, 2.24) is 10.6 Å². The summed E-state index contributed by atoms with van der Waals surface area (Å²) in [6.07, 6.45) is 0.591. The summed E-state index contributed by atoms with van der Waals surface area (Å²) in [5.74, 6) is -0.304. The fraction of sp³-hybridized carbons (Fsp3) is 0.200. The third-order valence-electron chi connectivity index (χ3n) is 5.26. The Morgan fingerprint density at radius 1 is 0.889 bits per heavy atom. The zero-order chi connectivity index (χ0) is 26.3. The molecule has 0 fully saturated rings. The SMILES string of the molecule is COC(=O)NCc1ccc(CNC(=O)c2ccc(N(Cc3cccc(Cl)c3Cl)S(C)(=O)=O)cc2)cc1. The first-order valence-electron chi connectivity index (χ1n) is 10.8. The number of nitrogens with zero attached hydrogens (tertiary/aromatic N) is 1. The van der Waals surface area contributed by atoms with Crippen LogP contribution in [0.15, 0.2) is 66.7 Å². The Morgan fingerprint density at radius 2 is 1.47 bits per heavy atom. The van der Waals surface area contributed by atoms with E-state index < -0.39 is 16.1 Å². The number of methoxy groups -OCH3 is 1. The van der Waals surface area contributed by atoms with Crippen LogP contribution in [0.5, 0.6) is 0 Å². The largest absolute Gasteiger partial charge is 0.453 e. The highest BCUT2D eigenvalue weighted by atomic mass is 35.5. The second-order valence-electron chi connectivity index (χ2n) is 7.87. The highest BCUT2D eigenvalue weighted by Gasteiger charge is 2.20. The smallest absolute Gasteiger partial charge is 0.407 e. The van der Waals surface area contributed by atoms with Gasteiger partial charge in [0.05, 0.1) is 35.6 Å². The van der Waals surface area contributed by atoms with Gasteiger partial charge in [0.2, 0.25) is 10.0 Å². The van der Waals surface area contributed by atoms with E-state index in [2.05, 4.69) is 15.4 Å².